The third kappa shape index (κ3) is 2.73. The minimum absolute atomic E-state index is 0.000299. The van der Waals surface area contributed by atoms with Crippen LogP contribution in [0.3, 0.4) is 0 Å². The first-order valence-corrected chi connectivity index (χ1v) is 6.66. The summed E-state index contributed by atoms with van der Waals surface area (Å²) in [4.78, 5) is 28.8. The van der Waals surface area contributed by atoms with Crippen LogP contribution in [0.2, 0.25) is 0 Å². The molecule has 2 rings (SSSR count). The summed E-state index contributed by atoms with van der Waals surface area (Å²) in [7, 11) is 7.16. The maximum Gasteiger partial charge on any atom is 0.242 e. The van der Waals surface area contributed by atoms with E-state index in [9.17, 15) is 4.79 Å². The zero-order chi connectivity index (χ0) is 14.7. The number of amides is 1. The number of nitrogens with one attached hydrogen (secondary N) is 2. The van der Waals surface area contributed by atoms with E-state index in [4.69, 9.17) is 0 Å². The lowest BCUT2D eigenvalue weighted by Gasteiger charge is -2.24. The zero-order valence-corrected chi connectivity index (χ0v) is 12.3. The summed E-state index contributed by atoms with van der Waals surface area (Å²) in [6, 6.07) is -0.206. The van der Waals surface area contributed by atoms with E-state index in [-0.39, 0.29) is 11.9 Å². The van der Waals surface area contributed by atoms with Crippen molar-refractivity contribution in [2.24, 2.45) is 0 Å². The van der Waals surface area contributed by atoms with Crippen LogP contribution >= 0.6 is 0 Å². The quantitative estimate of drug-likeness (QED) is 0.782. The Kier molecular flexibility index (Phi) is 4.21. The molecule has 1 saturated heterocycles. The molecule has 1 fully saturated rings. The van der Waals surface area contributed by atoms with Crippen molar-refractivity contribution in [3.05, 3.63) is 0 Å². The Morgan fingerprint density at radius 1 is 1.30 bits per heavy atom. The molecule has 110 valence electrons. The molecule has 1 atom stereocenters. The van der Waals surface area contributed by atoms with E-state index in [0.29, 0.717) is 17.8 Å². The minimum atomic E-state index is -0.206. The van der Waals surface area contributed by atoms with Gasteiger partial charge in [0.05, 0.1) is 0 Å². The summed E-state index contributed by atoms with van der Waals surface area (Å²) >= 11 is 0. The molecule has 8 nitrogen and oxygen atoms in total. The van der Waals surface area contributed by atoms with E-state index in [1.807, 2.05) is 23.9 Å². The number of likely N-dealkylation sites (N-methyl/N-ethyl adjacent to an activating group) is 1. The van der Waals surface area contributed by atoms with E-state index in [2.05, 4.69) is 25.6 Å². The molecule has 1 aromatic heterocycles. The second kappa shape index (κ2) is 5.89. The smallest absolute Gasteiger partial charge is 0.242 e. The number of hydrogen-bond acceptors (Lipinski definition) is 7. The van der Waals surface area contributed by atoms with Crippen LogP contribution < -0.4 is 20.4 Å². The SMILES string of the molecule is CNC(=O)C1CCCN1c1nc(NC)nc(N(C)C)n1. The van der Waals surface area contributed by atoms with Crippen LogP contribution in [0, 0.1) is 0 Å². The molecular formula is C12H21N7O. The molecule has 8 heteroatoms. The summed E-state index contributed by atoms with van der Waals surface area (Å²) in [6.45, 7) is 0.776. The molecule has 0 aromatic carbocycles. The molecule has 1 amide bonds. The van der Waals surface area contributed by atoms with Crippen molar-refractivity contribution in [2.45, 2.75) is 18.9 Å². The molecule has 2 N–H and O–H groups in total. The second-order valence-corrected chi connectivity index (χ2v) is 4.87. The Morgan fingerprint density at radius 3 is 2.65 bits per heavy atom. The Bertz CT molecular complexity index is 491. The molecule has 1 aliphatic rings. The molecule has 0 saturated carbocycles. The summed E-state index contributed by atoms with van der Waals surface area (Å²) in [6.07, 6.45) is 1.77. The van der Waals surface area contributed by atoms with Crippen LogP contribution in [0.4, 0.5) is 17.8 Å². The highest BCUT2D eigenvalue weighted by Gasteiger charge is 2.32. The van der Waals surface area contributed by atoms with Gasteiger partial charge in [-0.3, -0.25) is 4.79 Å². The first kappa shape index (κ1) is 14.3. The summed E-state index contributed by atoms with van der Waals surface area (Å²) in [5.74, 6) is 1.61. The first-order chi connectivity index (χ1) is 9.56. The van der Waals surface area contributed by atoms with Gasteiger partial charge in [0.1, 0.15) is 6.04 Å². The predicted octanol–water partition coefficient (Wildman–Crippen LogP) is -0.306. The van der Waals surface area contributed by atoms with E-state index in [1.165, 1.54) is 0 Å². The molecule has 0 aliphatic carbocycles. The lowest BCUT2D eigenvalue weighted by molar-refractivity contribution is -0.121. The predicted molar refractivity (Wildman–Crippen MR) is 78.1 cm³/mol. The van der Waals surface area contributed by atoms with E-state index in [0.717, 1.165) is 19.4 Å². The molecule has 1 aromatic rings. The summed E-state index contributed by atoms with van der Waals surface area (Å²) in [5.41, 5.74) is 0. The van der Waals surface area contributed by atoms with Gasteiger partial charge in [-0.25, -0.2) is 0 Å². The molecular weight excluding hydrogens is 258 g/mol. The Morgan fingerprint density at radius 2 is 2.05 bits per heavy atom. The highest BCUT2D eigenvalue weighted by molar-refractivity contribution is 5.85. The third-order valence-electron chi connectivity index (χ3n) is 3.29. The number of hydrogen-bond donors (Lipinski definition) is 2. The van der Waals surface area contributed by atoms with Gasteiger partial charge in [-0.15, -0.1) is 0 Å². The number of carbonyl (C=O) groups excluding carboxylic acids is 1. The second-order valence-electron chi connectivity index (χ2n) is 4.87. The number of rotatable bonds is 4. The molecule has 20 heavy (non-hydrogen) atoms. The highest BCUT2D eigenvalue weighted by Crippen LogP contribution is 2.24. The van der Waals surface area contributed by atoms with E-state index >= 15 is 0 Å². The topological polar surface area (TPSA) is 86.3 Å². The van der Waals surface area contributed by atoms with Crippen molar-refractivity contribution >= 4 is 23.8 Å². The van der Waals surface area contributed by atoms with Gasteiger partial charge >= 0.3 is 0 Å². The Hall–Kier alpha value is -2.12. The largest absolute Gasteiger partial charge is 0.357 e. The maximum atomic E-state index is 11.9. The summed E-state index contributed by atoms with van der Waals surface area (Å²) in [5, 5.41) is 5.62. The Labute approximate surface area is 118 Å². The molecule has 0 bridgehead atoms. The van der Waals surface area contributed by atoms with Gasteiger partial charge in [0.2, 0.25) is 23.8 Å². The van der Waals surface area contributed by atoms with Crippen LogP contribution in [0.5, 0.6) is 0 Å². The molecule has 0 radical (unpaired) electrons. The van der Waals surface area contributed by atoms with Gasteiger partial charge in [-0.05, 0) is 12.8 Å². The average Bonchev–Trinajstić information content (AvgIpc) is 2.95. The van der Waals surface area contributed by atoms with Gasteiger partial charge in [0, 0.05) is 34.7 Å². The highest BCUT2D eigenvalue weighted by atomic mass is 16.2. The standard InChI is InChI=1S/C12H21N7O/c1-13-9(20)8-6-5-7-19(8)12-16-10(14-2)15-11(17-12)18(3)4/h8H,5-7H2,1-4H3,(H,13,20)(H,14,15,16,17). The van der Waals surface area contributed by atoms with Crippen molar-refractivity contribution in [3.63, 3.8) is 0 Å². The fraction of sp³-hybridized carbons (Fsp3) is 0.667. The van der Waals surface area contributed by atoms with Crippen molar-refractivity contribution in [2.75, 3.05) is 49.9 Å². The fourth-order valence-electron chi connectivity index (χ4n) is 2.24. The number of anilines is 3. The zero-order valence-electron chi connectivity index (χ0n) is 12.3. The van der Waals surface area contributed by atoms with Crippen molar-refractivity contribution in [1.82, 2.24) is 20.3 Å². The monoisotopic (exact) mass is 279 g/mol. The van der Waals surface area contributed by atoms with E-state index in [1.54, 1.807) is 14.1 Å². The van der Waals surface area contributed by atoms with Gasteiger partial charge < -0.3 is 20.4 Å². The first-order valence-electron chi connectivity index (χ1n) is 6.66. The van der Waals surface area contributed by atoms with Gasteiger partial charge in [-0.2, -0.15) is 15.0 Å². The van der Waals surface area contributed by atoms with Crippen LogP contribution in [-0.2, 0) is 4.79 Å². The lowest BCUT2D eigenvalue weighted by Crippen LogP contribution is -2.43. The van der Waals surface area contributed by atoms with Crippen LogP contribution in [0.15, 0.2) is 0 Å². The van der Waals surface area contributed by atoms with Crippen molar-refractivity contribution < 1.29 is 4.79 Å². The third-order valence-corrected chi connectivity index (χ3v) is 3.29. The number of carbonyl (C=O) groups is 1. The van der Waals surface area contributed by atoms with Crippen molar-refractivity contribution in [3.8, 4) is 0 Å². The van der Waals surface area contributed by atoms with Gasteiger partial charge in [-0.1, -0.05) is 0 Å². The molecule has 0 spiro atoms. The summed E-state index contributed by atoms with van der Waals surface area (Å²) < 4.78 is 0. The number of nitrogens with zero attached hydrogens (tertiary/aromatic N) is 5. The molecule has 1 aliphatic heterocycles. The van der Waals surface area contributed by atoms with Crippen LogP contribution in [-0.4, -0.2) is 61.6 Å². The van der Waals surface area contributed by atoms with Gasteiger partial charge in [0.15, 0.2) is 0 Å². The van der Waals surface area contributed by atoms with Gasteiger partial charge in [0.25, 0.3) is 0 Å². The molecule has 1 unspecified atom stereocenters. The number of aromatic nitrogens is 3. The average molecular weight is 279 g/mol. The fourth-order valence-corrected chi connectivity index (χ4v) is 2.24. The van der Waals surface area contributed by atoms with E-state index < -0.39 is 0 Å². The van der Waals surface area contributed by atoms with Crippen LogP contribution in [0.1, 0.15) is 12.8 Å². The van der Waals surface area contributed by atoms with Crippen LogP contribution in [0.25, 0.3) is 0 Å². The Balaban J connectivity index is 2.35. The molecule has 2 heterocycles. The minimum Gasteiger partial charge on any atom is -0.357 e. The normalized spacial score (nSPS) is 18.0. The lowest BCUT2D eigenvalue weighted by atomic mass is 10.2. The maximum absolute atomic E-state index is 11.9. The van der Waals surface area contributed by atoms with Crippen molar-refractivity contribution in [1.29, 1.82) is 0 Å².